The largest absolute Gasteiger partial charge is 0.334 e. The van der Waals surface area contributed by atoms with Crippen LogP contribution >= 0.6 is 0 Å². The SMILES string of the molecule is CN(Cc1ncn[nH]1)C(=O)c1cccc(F)c1. The maximum absolute atomic E-state index is 13.0. The topological polar surface area (TPSA) is 61.9 Å². The molecule has 0 radical (unpaired) electrons. The summed E-state index contributed by atoms with van der Waals surface area (Å²) in [5, 5.41) is 6.34. The van der Waals surface area contributed by atoms with Crippen molar-refractivity contribution in [2.45, 2.75) is 6.54 Å². The molecule has 5 nitrogen and oxygen atoms in total. The zero-order valence-corrected chi connectivity index (χ0v) is 9.22. The minimum atomic E-state index is -0.427. The molecule has 6 heteroatoms. The molecule has 0 aliphatic carbocycles. The number of hydrogen-bond acceptors (Lipinski definition) is 3. The number of aromatic nitrogens is 3. The van der Waals surface area contributed by atoms with Gasteiger partial charge in [-0.1, -0.05) is 6.07 Å². The first-order valence-electron chi connectivity index (χ1n) is 5.02. The molecule has 1 aromatic heterocycles. The van der Waals surface area contributed by atoms with Gasteiger partial charge in [-0.05, 0) is 18.2 Å². The normalized spacial score (nSPS) is 10.2. The molecule has 2 aromatic rings. The fourth-order valence-electron chi connectivity index (χ4n) is 1.45. The van der Waals surface area contributed by atoms with Gasteiger partial charge in [-0.15, -0.1) is 0 Å². The lowest BCUT2D eigenvalue weighted by molar-refractivity contribution is 0.0781. The van der Waals surface area contributed by atoms with Crippen molar-refractivity contribution in [3.63, 3.8) is 0 Å². The Morgan fingerprint density at radius 3 is 3.00 bits per heavy atom. The number of amides is 1. The number of rotatable bonds is 3. The van der Waals surface area contributed by atoms with Crippen LogP contribution in [0.3, 0.4) is 0 Å². The molecular weight excluding hydrogens is 223 g/mol. The Labute approximate surface area is 97.3 Å². The Morgan fingerprint density at radius 1 is 1.53 bits per heavy atom. The number of hydrogen-bond donors (Lipinski definition) is 1. The molecule has 1 aromatic carbocycles. The molecule has 17 heavy (non-hydrogen) atoms. The second kappa shape index (κ2) is 4.73. The molecule has 0 fully saturated rings. The molecule has 1 amide bonds. The van der Waals surface area contributed by atoms with E-state index in [2.05, 4.69) is 15.2 Å². The van der Waals surface area contributed by atoms with Crippen LogP contribution in [-0.4, -0.2) is 33.0 Å². The minimum absolute atomic E-state index is 0.263. The highest BCUT2D eigenvalue weighted by Crippen LogP contribution is 2.07. The highest BCUT2D eigenvalue weighted by Gasteiger charge is 2.13. The van der Waals surface area contributed by atoms with Crippen LogP contribution in [0.15, 0.2) is 30.6 Å². The van der Waals surface area contributed by atoms with Gasteiger partial charge in [-0.2, -0.15) is 5.10 Å². The van der Waals surface area contributed by atoms with E-state index in [1.807, 2.05) is 0 Å². The van der Waals surface area contributed by atoms with Crippen LogP contribution < -0.4 is 0 Å². The number of aromatic amines is 1. The van der Waals surface area contributed by atoms with Crippen LogP contribution in [0, 0.1) is 5.82 Å². The molecule has 2 rings (SSSR count). The van der Waals surface area contributed by atoms with Crippen LogP contribution in [0.1, 0.15) is 16.2 Å². The summed E-state index contributed by atoms with van der Waals surface area (Å²) in [5.74, 6) is -0.109. The van der Waals surface area contributed by atoms with E-state index >= 15 is 0 Å². The molecule has 0 aliphatic rings. The summed E-state index contributed by atoms with van der Waals surface area (Å²) in [4.78, 5) is 17.3. The predicted octanol–water partition coefficient (Wildman–Crippen LogP) is 1.22. The standard InChI is InChI=1S/C11H11FN4O/c1-16(6-10-13-7-14-15-10)11(17)8-3-2-4-9(12)5-8/h2-5,7H,6H2,1H3,(H,13,14,15). The zero-order valence-electron chi connectivity index (χ0n) is 9.22. The Kier molecular flexibility index (Phi) is 3.13. The number of carbonyl (C=O) groups excluding carboxylic acids is 1. The van der Waals surface area contributed by atoms with Crippen LogP contribution in [0.4, 0.5) is 4.39 Å². The van der Waals surface area contributed by atoms with Crippen molar-refractivity contribution in [1.82, 2.24) is 20.1 Å². The molecule has 0 atom stereocenters. The Balaban J connectivity index is 2.09. The lowest BCUT2D eigenvalue weighted by Gasteiger charge is -2.15. The van der Waals surface area contributed by atoms with Crippen molar-refractivity contribution in [2.24, 2.45) is 0 Å². The summed E-state index contributed by atoms with van der Waals surface area (Å²) < 4.78 is 13.0. The Hall–Kier alpha value is -2.24. The van der Waals surface area contributed by atoms with Gasteiger partial charge in [0.2, 0.25) is 0 Å². The fraction of sp³-hybridized carbons (Fsp3) is 0.182. The summed E-state index contributed by atoms with van der Waals surface area (Å²) in [6.45, 7) is 0.301. The van der Waals surface area contributed by atoms with E-state index in [0.717, 1.165) is 0 Å². The third kappa shape index (κ3) is 2.66. The molecular formula is C11H11FN4O. The molecule has 1 N–H and O–H groups in total. The van der Waals surface area contributed by atoms with Gasteiger partial charge in [0, 0.05) is 12.6 Å². The molecule has 0 aliphatic heterocycles. The second-order valence-electron chi connectivity index (χ2n) is 3.60. The average Bonchev–Trinajstić information content (AvgIpc) is 2.80. The van der Waals surface area contributed by atoms with Crippen LogP contribution in [0.25, 0.3) is 0 Å². The number of carbonyl (C=O) groups is 1. The van der Waals surface area contributed by atoms with Gasteiger partial charge < -0.3 is 4.90 Å². The maximum Gasteiger partial charge on any atom is 0.254 e. The van der Waals surface area contributed by atoms with Crippen molar-refractivity contribution in [1.29, 1.82) is 0 Å². The zero-order chi connectivity index (χ0) is 12.3. The van der Waals surface area contributed by atoms with E-state index in [4.69, 9.17) is 0 Å². The Morgan fingerprint density at radius 2 is 2.35 bits per heavy atom. The van der Waals surface area contributed by atoms with E-state index in [0.29, 0.717) is 17.9 Å². The second-order valence-corrected chi connectivity index (χ2v) is 3.60. The number of nitrogens with zero attached hydrogens (tertiary/aromatic N) is 3. The van der Waals surface area contributed by atoms with Gasteiger partial charge in [0.15, 0.2) is 0 Å². The van der Waals surface area contributed by atoms with E-state index in [1.165, 1.54) is 29.4 Å². The quantitative estimate of drug-likeness (QED) is 0.868. The molecule has 0 unspecified atom stereocenters. The van der Waals surface area contributed by atoms with Gasteiger partial charge in [0.05, 0.1) is 6.54 Å². The molecule has 0 bridgehead atoms. The lowest BCUT2D eigenvalue weighted by Crippen LogP contribution is -2.26. The summed E-state index contributed by atoms with van der Waals surface area (Å²) in [6, 6.07) is 5.58. The summed E-state index contributed by atoms with van der Waals surface area (Å²) >= 11 is 0. The van der Waals surface area contributed by atoms with Crippen molar-refractivity contribution in [3.8, 4) is 0 Å². The van der Waals surface area contributed by atoms with Gasteiger partial charge in [-0.3, -0.25) is 9.89 Å². The van der Waals surface area contributed by atoms with Crippen molar-refractivity contribution >= 4 is 5.91 Å². The van der Waals surface area contributed by atoms with Gasteiger partial charge >= 0.3 is 0 Å². The Bertz CT molecular complexity index is 512. The van der Waals surface area contributed by atoms with E-state index < -0.39 is 5.82 Å². The maximum atomic E-state index is 13.0. The van der Waals surface area contributed by atoms with E-state index in [1.54, 1.807) is 13.1 Å². The number of nitrogens with one attached hydrogen (secondary N) is 1. The van der Waals surface area contributed by atoms with Gasteiger partial charge in [0.25, 0.3) is 5.91 Å². The van der Waals surface area contributed by atoms with Crippen LogP contribution in [0.5, 0.6) is 0 Å². The highest BCUT2D eigenvalue weighted by atomic mass is 19.1. The summed E-state index contributed by atoms with van der Waals surface area (Å²) in [5.41, 5.74) is 0.312. The van der Waals surface area contributed by atoms with Gasteiger partial charge in [0.1, 0.15) is 18.0 Å². The number of halogens is 1. The monoisotopic (exact) mass is 234 g/mol. The fourth-order valence-corrected chi connectivity index (χ4v) is 1.45. The van der Waals surface area contributed by atoms with E-state index in [9.17, 15) is 9.18 Å². The molecule has 0 spiro atoms. The molecule has 0 saturated carbocycles. The van der Waals surface area contributed by atoms with Crippen molar-refractivity contribution < 1.29 is 9.18 Å². The van der Waals surface area contributed by atoms with Gasteiger partial charge in [-0.25, -0.2) is 9.37 Å². The first kappa shape index (κ1) is 11.3. The number of benzene rings is 1. The molecule has 0 saturated heterocycles. The van der Waals surface area contributed by atoms with E-state index in [-0.39, 0.29) is 5.91 Å². The van der Waals surface area contributed by atoms with Crippen molar-refractivity contribution in [3.05, 3.63) is 47.8 Å². The predicted molar refractivity (Wildman–Crippen MR) is 58.6 cm³/mol. The smallest absolute Gasteiger partial charge is 0.254 e. The molecule has 88 valence electrons. The summed E-state index contributed by atoms with van der Waals surface area (Å²) in [6.07, 6.45) is 1.37. The van der Waals surface area contributed by atoms with Crippen LogP contribution in [0.2, 0.25) is 0 Å². The first-order valence-corrected chi connectivity index (χ1v) is 5.02. The average molecular weight is 234 g/mol. The summed E-state index contributed by atoms with van der Waals surface area (Å²) in [7, 11) is 1.62. The number of H-pyrrole nitrogens is 1. The lowest BCUT2D eigenvalue weighted by atomic mass is 10.2. The third-order valence-electron chi connectivity index (χ3n) is 2.27. The van der Waals surface area contributed by atoms with Crippen molar-refractivity contribution in [2.75, 3.05) is 7.05 Å². The highest BCUT2D eigenvalue weighted by molar-refractivity contribution is 5.93. The molecule has 1 heterocycles. The first-order chi connectivity index (χ1) is 8.16. The van der Waals surface area contributed by atoms with Crippen LogP contribution in [-0.2, 0) is 6.54 Å². The minimum Gasteiger partial charge on any atom is -0.334 e. The third-order valence-corrected chi connectivity index (χ3v) is 2.27.